The van der Waals surface area contributed by atoms with E-state index in [9.17, 15) is 4.79 Å². The standard InChI is InChI=1S/C16H22N2O4.ClH/c1-20-13-4-3-11(7-14(13)21-2)8-16(19)18-5-6-22-15-10-17-9-12(15)18;/h3-4,7,12,15,17H,5-6,8-10H2,1-2H3;1H/t12-,15+;/m1./s1. The normalized spacial score (nSPS) is 23.0. The van der Waals surface area contributed by atoms with Crippen molar-refractivity contribution in [2.45, 2.75) is 18.6 Å². The molecule has 2 aliphatic heterocycles. The molecule has 2 aliphatic rings. The van der Waals surface area contributed by atoms with Gasteiger partial charge in [-0.3, -0.25) is 4.79 Å². The molecule has 0 unspecified atom stereocenters. The third kappa shape index (κ3) is 3.71. The molecule has 0 aromatic heterocycles. The number of benzene rings is 1. The van der Waals surface area contributed by atoms with E-state index in [1.54, 1.807) is 14.2 Å². The maximum Gasteiger partial charge on any atom is 0.227 e. The van der Waals surface area contributed by atoms with Crippen molar-refractivity contribution in [2.75, 3.05) is 40.5 Å². The SMILES string of the molecule is COc1ccc(CC(=O)N2CCO[C@H]3CNC[C@H]32)cc1OC.Cl. The minimum absolute atomic E-state index is 0. The number of amides is 1. The lowest BCUT2D eigenvalue weighted by Gasteiger charge is -2.37. The molecule has 0 spiro atoms. The Morgan fingerprint density at radius 3 is 2.83 bits per heavy atom. The highest BCUT2D eigenvalue weighted by Crippen LogP contribution is 2.28. The molecule has 0 aliphatic carbocycles. The van der Waals surface area contributed by atoms with Crippen molar-refractivity contribution >= 4 is 18.3 Å². The summed E-state index contributed by atoms with van der Waals surface area (Å²) in [5.74, 6) is 1.45. The van der Waals surface area contributed by atoms with Crippen molar-refractivity contribution in [3.05, 3.63) is 23.8 Å². The Morgan fingerprint density at radius 1 is 1.30 bits per heavy atom. The molecule has 0 bridgehead atoms. The smallest absolute Gasteiger partial charge is 0.227 e. The Balaban J connectivity index is 0.00000192. The van der Waals surface area contributed by atoms with Crippen LogP contribution in [0, 0.1) is 0 Å². The van der Waals surface area contributed by atoms with Crippen molar-refractivity contribution in [3.8, 4) is 11.5 Å². The van der Waals surface area contributed by atoms with E-state index < -0.39 is 0 Å². The molecule has 2 atom stereocenters. The summed E-state index contributed by atoms with van der Waals surface area (Å²) in [4.78, 5) is 14.6. The van der Waals surface area contributed by atoms with Crippen LogP contribution in [0.3, 0.4) is 0 Å². The maximum atomic E-state index is 12.6. The molecule has 128 valence electrons. The Labute approximate surface area is 142 Å². The number of methoxy groups -OCH3 is 2. The van der Waals surface area contributed by atoms with Crippen LogP contribution in [-0.4, -0.2) is 63.4 Å². The predicted molar refractivity (Wildman–Crippen MR) is 88.6 cm³/mol. The van der Waals surface area contributed by atoms with Gasteiger partial charge in [0.2, 0.25) is 5.91 Å². The van der Waals surface area contributed by atoms with Gasteiger partial charge in [0.25, 0.3) is 0 Å². The Kier molecular flexibility index (Phi) is 6.10. The lowest BCUT2D eigenvalue weighted by Crippen LogP contribution is -2.53. The molecule has 6 nitrogen and oxygen atoms in total. The molecular formula is C16H23ClN2O4. The van der Waals surface area contributed by atoms with Gasteiger partial charge in [-0.1, -0.05) is 6.07 Å². The van der Waals surface area contributed by atoms with Crippen molar-refractivity contribution in [1.29, 1.82) is 0 Å². The molecule has 1 aromatic rings. The number of hydrogen-bond acceptors (Lipinski definition) is 5. The van der Waals surface area contributed by atoms with E-state index in [1.165, 1.54) is 0 Å². The van der Waals surface area contributed by atoms with Crippen LogP contribution in [0.2, 0.25) is 0 Å². The van der Waals surface area contributed by atoms with E-state index in [0.29, 0.717) is 31.1 Å². The average molecular weight is 343 g/mol. The van der Waals surface area contributed by atoms with Gasteiger partial charge in [-0.25, -0.2) is 0 Å². The van der Waals surface area contributed by atoms with Gasteiger partial charge in [0.1, 0.15) is 0 Å². The highest BCUT2D eigenvalue weighted by atomic mass is 35.5. The van der Waals surface area contributed by atoms with Crippen molar-refractivity contribution < 1.29 is 19.0 Å². The zero-order chi connectivity index (χ0) is 15.5. The summed E-state index contributed by atoms with van der Waals surface area (Å²) in [5, 5.41) is 3.29. The van der Waals surface area contributed by atoms with Crippen LogP contribution in [-0.2, 0) is 16.0 Å². The van der Waals surface area contributed by atoms with E-state index in [4.69, 9.17) is 14.2 Å². The molecular weight excluding hydrogens is 320 g/mol. The van der Waals surface area contributed by atoms with Crippen molar-refractivity contribution in [1.82, 2.24) is 10.2 Å². The monoisotopic (exact) mass is 342 g/mol. The van der Waals surface area contributed by atoms with Gasteiger partial charge < -0.3 is 24.4 Å². The van der Waals surface area contributed by atoms with E-state index in [1.807, 2.05) is 23.1 Å². The summed E-state index contributed by atoms with van der Waals surface area (Å²) >= 11 is 0. The van der Waals surface area contributed by atoms with E-state index in [2.05, 4.69) is 5.32 Å². The maximum absolute atomic E-state index is 12.6. The molecule has 7 heteroatoms. The summed E-state index contributed by atoms with van der Waals surface area (Å²) < 4.78 is 16.2. The number of nitrogens with zero attached hydrogens (tertiary/aromatic N) is 1. The Hall–Kier alpha value is -1.50. The van der Waals surface area contributed by atoms with Crippen LogP contribution < -0.4 is 14.8 Å². The summed E-state index contributed by atoms with van der Waals surface area (Å²) in [6.45, 7) is 2.91. The van der Waals surface area contributed by atoms with Crippen LogP contribution in [0.15, 0.2) is 18.2 Å². The van der Waals surface area contributed by atoms with E-state index >= 15 is 0 Å². The lowest BCUT2D eigenvalue weighted by atomic mass is 10.1. The average Bonchev–Trinajstić information content (AvgIpc) is 3.03. The van der Waals surface area contributed by atoms with Gasteiger partial charge in [0.05, 0.1) is 39.4 Å². The molecule has 2 heterocycles. The van der Waals surface area contributed by atoms with Crippen LogP contribution in [0.25, 0.3) is 0 Å². The number of ether oxygens (including phenoxy) is 3. The molecule has 2 saturated heterocycles. The molecule has 2 fully saturated rings. The van der Waals surface area contributed by atoms with Gasteiger partial charge in [-0.05, 0) is 17.7 Å². The first-order valence-electron chi connectivity index (χ1n) is 7.55. The lowest BCUT2D eigenvalue weighted by molar-refractivity contribution is -0.142. The summed E-state index contributed by atoms with van der Waals surface area (Å²) in [7, 11) is 3.20. The molecule has 1 N–H and O–H groups in total. The number of carbonyl (C=O) groups is 1. The second-order valence-corrected chi connectivity index (χ2v) is 5.59. The second kappa shape index (κ2) is 7.86. The van der Waals surface area contributed by atoms with Gasteiger partial charge in [-0.2, -0.15) is 0 Å². The van der Waals surface area contributed by atoms with Crippen molar-refractivity contribution in [2.24, 2.45) is 0 Å². The van der Waals surface area contributed by atoms with E-state index in [-0.39, 0.29) is 30.5 Å². The fourth-order valence-electron chi connectivity index (χ4n) is 3.17. The molecule has 23 heavy (non-hydrogen) atoms. The van der Waals surface area contributed by atoms with Crippen LogP contribution in [0.4, 0.5) is 0 Å². The first-order chi connectivity index (χ1) is 10.7. The largest absolute Gasteiger partial charge is 0.493 e. The summed E-state index contributed by atoms with van der Waals surface area (Å²) in [6, 6.07) is 5.76. The van der Waals surface area contributed by atoms with Gasteiger partial charge in [0.15, 0.2) is 11.5 Å². The van der Waals surface area contributed by atoms with Gasteiger partial charge in [-0.15, -0.1) is 12.4 Å². The number of rotatable bonds is 4. The van der Waals surface area contributed by atoms with Gasteiger partial charge in [0, 0.05) is 19.6 Å². The summed E-state index contributed by atoms with van der Waals surface area (Å²) in [5.41, 5.74) is 0.927. The number of fused-ring (bicyclic) bond motifs is 1. The number of morpholine rings is 1. The van der Waals surface area contributed by atoms with E-state index in [0.717, 1.165) is 18.7 Å². The zero-order valence-corrected chi connectivity index (χ0v) is 14.2. The highest BCUT2D eigenvalue weighted by Gasteiger charge is 2.38. The molecule has 0 radical (unpaired) electrons. The molecule has 0 saturated carbocycles. The van der Waals surface area contributed by atoms with Crippen LogP contribution in [0.1, 0.15) is 5.56 Å². The minimum Gasteiger partial charge on any atom is -0.493 e. The number of nitrogens with one attached hydrogen (secondary N) is 1. The third-order valence-electron chi connectivity index (χ3n) is 4.32. The first kappa shape index (κ1) is 17.8. The minimum atomic E-state index is 0. The van der Waals surface area contributed by atoms with Crippen LogP contribution >= 0.6 is 12.4 Å². The molecule has 1 aromatic carbocycles. The topological polar surface area (TPSA) is 60.0 Å². The fourth-order valence-corrected chi connectivity index (χ4v) is 3.17. The van der Waals surface area contributed by atoms with Crippen molar-refractivity contribution in [3.63, 3.8) is 0 Å². The quantitative estimate of drug-likeness (QED) is 0.879. The van der Waals surface area contributed by atoms with Crippen LogP contribution in [0.5, 0.6) is 11.5 Å². The third-order valence-corrected chi connectivity index (χ3v) is 4.32. The Morgan fingerprint density at radius 2 is 2.09 bits per heavy atom. The predicted octanol–water partition coefficient (Wildman–Crippen LogP) is 0.867. The second-order valence-electron chi connectivity index (χ2n) is 5.59. The molecule has 3 rings (SSSR count). The van der Waals surface area contributed by atoms with Gasteiger partial charge >= 0.3 is 0 Å². The number of hydrogen-bond donors (Lipinski definition) is 1. The first-order valence-corrected chi connectivity index (χ1v) is 7.55. The Bertz CT molecular complexity index is 555. The number of carbonyl (C=O) groups excluding carboxylic acids is 1. The molecule has 1 amide bonds. The fraction of sp³-hybridized carbons (Fsp3) is 0.562. The number of halogens is 1. The summed E-state index contributed by atoms with van der Waals surface area (Å²) in [6.07, 6.45) is 0.493. The zero-order valence-electron chi connectivity index (χ0n) is 13.4. The highest BCUT2D eigenvalue weighted by molar-refractivity contribution is 5.85.